The van der Waals surface area contributed by atoms with Gasteiger partial charge in [-0.05, 0) is 12.0 Å². The minimum absolute atomic E-state index is 0.0424. The Morgan fingerprint density at radius 1 is 1.07 bits per heavy atom. The van der Waals surface area contributed by atoms with Crippen LogP contribution in [0.2, 0.25) is 0 Å². The van der Waals surface area contributed by atoms with E-state index in [9.17, 15) is 9.59 Å². The lowest BCUT2D eigenvalue weighted by atomic mass is 10.1. The number of rotatable bonds is 9. The molecule has 0 aromatic heterocycles. The first kappa shape index (κ1) is 20.1. The molecule has 2 rings (SSSR count). The molecule has 144 valence electrons. The molecule has 2 aromatic carbocycles. The molecule has 3 N–H and O–H groups in total. The van der Waals surface area contributed by atoms with E-state index in [-0.39, 0.29) is 17.2 Å². The van der Waals surface area contributed by atoms with Gasteiger partial charge in [0, 0.05) is 18.7 Å². The van der Waals surface area contributed by atoms with Gasteiger partial charge in [-0.2, -0.15) is 0 Å². The summed E-state index contributed by atoms with van der Waals surface area (Å²) < 4.78 is 15.6. The van der Waals surface area contributed by atoms with Crippen molar-refractivity contribution in [2.75, 3.05) is 33.1 Å². The van der Waals surface area contributed by atoms with Gasteiger partial charge in [-0.1, -0.05) is 30.3 Å². The van der Waals surface area contributed by atoms with Crippen LogP contribution in [0.25, 0.3) is 0 Å². The van der Waals surface area contributed by atoms with Crippen LogP contribution in [0, 0.1) is 0 Å². The van der Waals surface area contributed by atoms with E-state index < -0.39 is 5.97 Å². The highest BCUT2D eigenvalue weighted by molar-refractivity contribution is 5.96. The average molecular weight is 372 g/mol. The Morgan fingerprint density at radius 3 is 2.48 bits per heavy atom. The number of amides is 1. The quantitative estimate of drug-likeness (QED) is 0.398. The number of nitrogen functional groups attached to an aromatic ring is 1. The van der Waals surface area contributed by atoms with E-state index in [0.29, 0.717) is 37.5 Å². The molecule has 0 saturated carbocycles. The van der Waals surface area contributed by atoms with E-state index in [4.69, 9.17) is 19.9 Å². The van der Waals surface area contributed by atoms with Gasteiger partial charge in [0.05, 0.1) is 38.5 Å². The third kappa shape index (κ3) is 5.91. The lowest BCUT2D eigenvalue weighted by Gasteiger charge is -2.14. The van der Waals surface area contributed by atoms with Crippen molar-refractivity contribution in [3.05, 3.63) is 53.6 Å². The van der Waals surface area contributed by atoms with Gasteiger partial charge in [0.25, 0.3) is 0 Å². The zero-order chi connectivity index (χ0) is 19.6. The molecular formula is C20H24N2O5. The summed E-state index contributed by atoms with van der Waals surface area (Å²) in [6.07, 6.45) is 0.942. The first-order valence-electron chi connectivity index (χ1n) is 8.54. The summed E-state index contributed by atoms with van der Waals surface area (Å²) in [5.74, 6) is 0.225. The highest BCUT2D eigenvalue weighted by atomic mass is 16.5. The van der Waals surface area contributed by atoms with Gasteiger partial charge >= 0.3 is 5.97 Å². The predicted octanol–water partition coefficient (Wildman–Crippen LogP) is 2.19. The van der Waals surface area contributed by atoms with Crippen molar-refractivity contribution in [2.24, 2.45) is 0 Å². The number of carbonyl (C=O) groups excluding carboxylic acids is 2. The highest BCUT2D eigenvalue weighted by Gasteiger charge is 2.16. The molecule has 0 bridgehead atoms. The van der Waals surface area contributed by atoms with E-state index >= 15 is 0 Å². The number of nitrogens with one attached hydrogen (secondary N) is 1. The number of hydrogen-bond donors (Lipinski definition) is 2. The molecule has 0 atom stereocenters. The fourth-order valence-electron chi connectivity index (χ4n) is 2.46. The monoisotopic (exact) mass is 372 g/mol. The van der Waals surface area contributed by atoms with E-state index in [1.807, 2.05) is 30.3 Å². The normalized spacial score (nSPS) is 10.1. The van der Waals surface area contributed by atoms with Crippen LogP contribution in [0.4, 0.5) is 5.69 Å². The first-order valence-corrected chi connectivity index (χ1v) is 8.54. The van der Waals surface area contributed by atoms with Gasteiger partial charge in [-0.25, -0.2) is 4.79 Å². The summed E-state index contributed by atoms with van der Waals surface area (Å²) in [6, 6.07) is 12.6. The largest absolute Gasteiger partial charge is 0.493 e. The van der Waals surface area contributed by atoms with Crippen molar-refractivity contribution in [2.45, 2.75) is 12.8 Å². The smallest absolute Gasteiger partial charge is 0.340 e. The fourth-order valence-corrected chi connectivity index (χ4v) is 2.46. The molecule has 0 heterocycles. The fraction of sp³-hybridized carbons (Fsp3) is 0.300. The summed E-state index contributed by atoms with van der Waals surface area (Å²) in [6.45, 7) is 0.819. The molecule has 7 heteroatoms. The molecule has 7 nitrogen and oxygen atoms in total. The molecule has 0 aliphatic heterocycles. The molecule has 27 heavy (non-hydrogen) atoms. The molecule has 0 aliphatic carbocycles. The van der Waals surface area contributed by atoms with Crippen LogP contribution in [-0.2, 0) is 16.0 Å². The molecule has 0 saturated heterocycles. The van der Waals surface area contributed by atoms with Crippen LogP contribution in [-0.4, -0.2) is 39.2 Å². The molecule has 2 aromatic rings. The zero-order valence-corrected chi connectivity index (χ0v) is 15.5. The predicted molar refractivity (Wildman–Crippen MR) is 102 cm³/mol. The average Bonchev–Trinajstić information content (AvgIpc) is 2.68. The topological polar surface area (TPSA) is 99.9 Å². The number of esters is 1. The number of anilines is 1. The number of benzene rings is 2. The standard InChI is InChI=1S/C20H24N2O5/c1-25-17-13-16(21)15(20(24)26-2)12-18(17)27-10-6-9-22-19(23)11-14-7-4-3-5-8-14/h3-5,7-8,12-13H,6,9-11,21H2,1-2H3,(H,22,23). The minimum Gasteiger partial charge on any atom is -0.493 e. The SMILES string of the molecule is COC(=O)c1cc(OCCCNC(=O)Cc2ccccc2)c(OC)cc1N. The van der Waals surface area contributed by atoms with E-state index in [2.05, 4.69) is 5.32 Å². The van der Waals surface area contributed by atoms with Crippen molar-refractivity contribution >= 4 is 17.6 Å². The summed E-state index contributed by atoms with van der Waals surface area (Å²) in [4.78, 5) is 23.6. The second-order valence-corrected chi connectivity index (χ2v) is 5.80. The zero-order valence-electron chi connectivity index (χ0n) is 15.5. The van der Waals surface area contributed by atoms with Crippen molar-refractivity contribution in [3.8, 4) is 11.5 Å². The van der Waals surface area contributed by atoms with Crippen LogP contribution in [0.1, 0.15) is 22.3 Å². The van der Waals surface area contributed by atoms with Crippen LogP contribution in [0.3, 0.4) is 0 Å². The third-order valence-corrected chi connectivity index (χ3v) is 3.85. The van der Waals surface area contributed by atoms with E-state index in [1.54, 1.807) is 0 Å². The summed E-state index contributed by atoms with van der Waals surface area (Å²) in [5.41, 5.74) is 7.26. The van der Waals surface area contributed by atoms with Crippen LogP contribution >= 0.6 is 0 Å². The first-order chi connectivity index (χ1) is 13.0. The molecule has 0 fully saturated rings. The van der Waals surface area contributed by atoms with Crippen molar-refractivity contribution in [1.82, 2.24) is 5.32 Å². The Bertz CT molecular complexity index is 777. The minimum atomic E-state index is -0.548. The highest BCUT2D eigenvalue weighted by Crippen LogP contribution is 2.32. The Kier molecular flexibility index (Phi) is 7.49. The number of nitrogens with two attached hydrogens (primary N) is 1. The van der Waals surface area contributed by atoms with Gasteiger partial charge in [0.2, 0.25) is 5.91 Å². The van der Waals surface area contributed by atoms with Crippen LogP contribution in [0.5, 0.6) is 11.5 Å². The molecular weight excluding hydrogens is 348 g/mol. The molecule has 0 aliphatic rings. The number of methoxy groups -OCH3 is 2. The van der Waals surface area contributed by atoms with Crippen molar-refractivity contribution < 1.29 is 23.8 Å². The maximum absolute atomic E-state index is 11.9. The number of carbonyl (C=O) groups is 2. The van der Waals surface area contributed by atoms with Crippen LogP contribution in [0.15, 0.2) is 42.5 Å². The summed E-state index contributed by atoms with van der Waals surface area (Å²) in [5, 5.41) is 2.85. The Hall–Kier alpha value is -3.22. The number of ether oxygens (including phenoxy) is 3. The van der Waals surface area contributed by atoms with Crippen molar-refractivity contribution in [1.29, 1.82) is 0 Å². The maximum Gasteiger partial charge on any atom is 0.340 e. The van der Waals surface area contributed by atoms with Gasteiger partial charge in [-0.3, -0.25) is 4.79 Å². The van der Waals surface area contributed by atoms with Crippen LogP contribution < -0.4 is 20.5 Å². The molecule has 1 amide bonds. The van der Waals surface area contributed by atoms with Gasteiger partial charge in [0.1, 0.15) is 0 Å². The lowest BCUT2D eigenvalue weighted by molar-refractivity contribution is -0.120. The molecule has 0 unspecified atom stereocenters. The number of hydrogen-bond acceptors (Lipinski definition) is 6. The lowest BCUT2D eigenvalue weighted by Crippen LogP contribution is -2.27. The van der Waals surface area contributed by atoms with E-state index in [1.165, 1.54) is 26.4 Å². The van der Waals surface area contributed by atoms with Gasteiger partial charge in [-0.15, -0.1) is 0 Å². The Balaban J connectivity index is 1.82. The summed E-state index contributed by atoms with van der Waals surface area (Å²) >= 11 is 0. The summed E-state index contributed by atoms with van der Waals surface area (Å²) in [7, 11) is 2.77. The third-order valence-electron chi connectivity index (χ3n) is 3.85. The Morgan fingerprint density at radius 2 is 1.81 bits per heavy atom. The second kappa shape index (κ2) is 10.1. The van der Waals surface area contributed by atoms with Gasteiger partial charge in [0.15, 0.2) is 11.5 Å². The maximum atomic E-state index is 11.9. The molecule has 0 radical (unpaired) electrons. The second-order valence-electron chi connectivity index (χ2n) is 5.80. The van der Waals surface area contributed by atoms with Gasteiger partial charge < -0.3 is 25.3 Å². The molecule has 0 spiro atoms. The van der Waals surface area contributed by atoms with E-state index in [0.717, 1.165) is 5.56 Å². The van der Waals surface area contributed by atoms with Crippen molar-refractivity contribution in [3.63, 3.8) is 0 Å². The Labute approximate surface area is 158 Å².